The van der Waals surface area contributed by atoms with Crippen molar-refractivity contribution in [3.05, 3.63) is 46.5 Å². The molecule has 0 saturated carbocycles. The third-order valence-electron chi connectivity index (χ3n) is 3.91. The van der Waals surface area contributed by atoms with Crippen molar-refractivity contribution in [1.29, 1.82) is 5.26 Å². The summed E-state index contributed by atoms with van der Waals surface area (Å²) in [5, 5.41) is 8.96. The van der Waals surface area contributed by atoms with Crippen LogP contribution in [0.4, 0.5) is 0 Å². The van der Waals surface area contributed by atoms with Crippen LogP contribution in [0.15, 0.2) is 40.0 Å². The monoisotopic (exact) mass is 394 g/mol. The van der Waals surface area contributed by atoms with Gasteiger partial charge in [-0.05, 0) is 30.5 Å². The maximum atomic E-state index is 12.4. The molecule has 0 unspecified atom stereocenters. The van der Waals surface area contributed by atoms with Crippen LogP contribution in [0.1, 0.15) is 17.8 Å². The van der Waals surface area contributed by atoms with E-state index in [0.29, 0.717) is 16.6 Å². The summed E-state index contributed by atoms with van der Waals surface area (Å²) in [7, 11) is -3.63. The Bertz CT molecular complexity index is 870. The fraction of sp³-hybridized carbons (Fsp3) is 0.333. The number of nitriles is 1. The van der Waals surface area contributed by atoms with E-state index in [-0.39, 0.29) is 10.8 Å². The molecule has 1 aromatic heterocycles. The van der Waals surface area contributed by atoms with E-state index in [9.17, 15) is 8.42 Å². The summed E-state index contributed by atoms with van der Waals surface area (Å²) >= 11 is 3.23. The highest BCUT2D eigenvalue weighted by Crippen LogP contribution is 2.21. The smallest absolute Gasteiger partial charge is 0.240 e. The zero-order valence-electron chi connectivity index (χ0n) is 12.2. The van der Waals surface area contributed by atoms with Crippen molar-refractivity contribution in [2.24, 2.45) is 5.92 Å². The minimum absolute atomic E-state index is 0.0996. The van der Waals surface area contributed by atoms with Gasteiger partial charge in [0.1, 0.15) is 5.82 Å². The topological polar surface area (TPSA) is 87.8 Å². The number of hydrogen-bond acceptors (Lipinski definition) is 4. The standard InChI is InChI=1S/C15H15BrN4O2S/c16-13-5-12(8-17)6-14(7-13)23(21,22)19-9-11-1-2-15-18-3-4-20(15)10-11/h3-7,11,19H,1-2,9-10H2/t11-/m1/s1. The summed E-state index contributed by atoms with van der Waals surface area (Å²) in [5.41, 5.74) is 0.306. The van der Waals surface area contributed by atoms with Crippen LogP contribution in [0.2, 0.25) is 0 Å². The Morgan fingerprint density at radius 3 is 3.04 bits per heavy atom. The predicted octanol–water partition coefficient (Wildman–Crippen LogP) is 2.06. The van der Waals surface area contributed by atoms with E-state index in [1.165, 1.54) is 12.1 Å². The van der Waals surface area contributed by atoms with Gasteiger partial charge in [-0.3, -0.25) is 0 Å². The zero-order valence-corrected chi connectivity index (χ0v) is 14.6. The molecular formula is C15H15BrN4O2S. The van der Waals surface area contributed by atoms with Crippen molar-refractivity contribution in [2.75, 3.05) is 6.54 Å². The molecule has 1 atom stereocenters. The van der Waals surface area contributed by atoms with Gasteiger partial charge in [0.15, 0.2) is 0 Å². The molecule has 3 rings (SSSR count). The third-order valence-corrected chi connectivity index (χ3v) is 5.77. The molecule has 0 saturated heterocycles. The number of rotatable bonds is 4. The second-order valence-electron chi connectivity index (χ2n) is 5.54. The van der Waals surface area contributed by atoms with E-state index in [2.05, 4.69) is 30.2 Å². The molecule has 0 amide bonds. The van der Waals surface area contributed by atoms with Gasteiger partial charge >= 0.3 is 0 Å². The van der Waals surface area contributed by atoms with E-state index < -0.39 is 10.0 Å². The number of fused-ring (bicyclic) bond motifs is 1. The van der Waals surface area contributed by atoms with Gasteiger partial charge < -0.3 is 4.57 Å². The SMILES string of the molecule is N#Cc1cc(Br)cc(S(=O)(=O)NC[C@H]2CCc3nccn3C2)c1. The average molecular weight is 395 g/mol. The lowest BCUT2D eigenvalue weighted by Crippen LogP contribution is -2.33. The van der Waals surface area contributed by atoms with Crippen molar-refractivity contribution in [2.45, 2.75) is 24.3 Å². The lowest BCUT2D eigenvalue weighted by atomic mass is 10.00. The first kappa shape index (κ1) is 16.2. The molecule has 1 aliphatic heterocycles. The Balaban J connectivity index is 1.70. The molecule has 1 aromatic carbocycles. The Kier molecular flexibility index (Phi) is 4.53. The zero-order chi connectivity index (χ0) is 16.4. The maximum absolute atomic E-state index is 12.4. The van der Waals surface area contributed by atoms with Crippen LogP contribution < -0.4 is 4.72 Å². The fourth-order valence-corrected chi connectivity index (χ4v) is 4.53. The summed E-state index contributed by atoms with van der Waals surface area (Å²) in [6, 6.07) is 6.42. The van der Waals surface area contributed by atoms with Crippen LogP contribution in [0.5, 0.6) is 0 Å². The predicted molar refractivity (Wildman–Crippen MR) is 88.1 cm³/mol. The fourth-order valence-electron chi connectivity index (χ4n) is 2.70. The number of aromatic nitrogens is 2. The summed E-state index contributed by atoms with van der Waals surface area (Å²) in [6.07, 6.45) is 5.45. The van der Waals surface area contributed by atoms with Crippen LogP contribution in [0, 0.1) is 17.2 Å². The first-order valence-corrected chi connectivity index (χ1v) is 9.46. The van der Waals surface area contributed by atoms with Gasteiger partial charge in [0.05, 0.1) is 16.5 Å². The van der Waals surface area contributed by atoms with Crippen LogP contribution in [0.25, 0.3) is 0 Å². The molecule has 23 heavy (non-hydrogen) atoms. The lowest BCUT2D eigenvalue weighted by Gasteiger charge is -2.23. The van der Waals surface area contributed by atoms with E-state index in [1.54, 1.807) is 12.3 Å². The van der Waals surface area contributed by atoms with E-state index >= 15 is 0 Å². The molecule has 8 heteroatoms. The molecular weight excluding hydrogens is 380 g/mol. The van der Waals surface area contributed by atoms with Gasteiger partial charge in [0, 0.05) is 36.4 Å². The largest absolute Gasteiger partial charge is 0.335 e. The van der Waals surface area contributed by atoms with Crippen molar-refractivity contribution < 1.29 is 8.42 Å². The number of aryl methyl sites for hydroxylation is 1. The Hall–Kier alpha value is -1.69. The average Bonchev–Trinajstić information content (AvgIpc) is 3.00. The number of benzene rings is 1. The van der Waals surface area contributed by atoms with Gasteiger partial charge in [-0.15, -0.1) is 0 Å². The van der Waals surface area contributed by atoms with Gasteiger partial charge in [-0.1, -0.05) is 15.9 Å². The minimum Gasteiger partial charge on any atom is -0.335 e. The van der Waals surface area contributed by atoms with Crippen molar-refractivity contribution in [3.8, 4) is 6.07 Å². The van der Waals surface area contributed by atoms with Crippen molar-refractivity contribution in [1.82, 2.24) is 14.3 Å². The number of nitrogens with zero attached hydrogens (tertiary/aromatic N) is 3. The molecule has 6 nitrogen and oxygen atoms in total. The molecule has 0 fully saturated rings. The van der Waals surface area contributed by atoms with Gasteiger partial charge in [0.2, 0.25) is 10.0 Å². The molecule has 0 radical (unpaired) electrons. The molecule has 2 aromatic rings. The number of halogens is 1. The summed E-state index contributed by atoms with van der Waals surface area (Å²) in [6.45, 7) is 1.13. The summed E-state index contributed by atoms with van der Waals surface area (Å²) in [5.74, 6) is 1.28. The second-order valence-corrected chi connectivity index (χ2v) is 8.22. The lowest BCUT2D eigenvalue weighted by molar-refractivity contribution is 0.363. The molecule has 0 spiro atoms. The molecule has 120 valence electrons. The highest BCUT2D eigenvalue weighted by molar-refractivity contribution is 9.10. The van der Waals surface area contributed by atoms with Crippen molar-refractivity contribution >= 4 is 26.0 Å². The Morgan fingerprint density at radius 2 is 2.26 bits per heavy atom. The molecule has 0 aliphatic carbocycles. The van der Waals surface area contributed by atoms with Gasteiger partial charge in [0.25, 0.3) is 0 Å². The van der Waals surface area contributed by atoms with Crippen LogP contribution >= 0.6 is 15.9 Å². The highest BCUT2D eigenvalue weighted by atomic mass is 79.9. The van der Waals surface area contributed by atoms with E-state index in [1.807, 2.05) is 12.3 Å². The molecule has 0 bridgehead atoms. The highest BCUT2D eigenvalue weighted by Gasteiger charge is 2.22. The van der Waals surface area contributed by atoms with Crippen LogP contribution in [-0.4, -0.2) is 24.5 Å². The summed E-state index contributed by atoms with van der Waals surface area (Å²) < 4.78 is 30.1. The number of imidazole rings is 1. The van der Waals surface area contributed by atoms with Gasteiger partial charge in [-0.25, -0.2) is 18.1 Å². The third kappa shape index (κ3) is 3.63. The normalized spacial score (nSPS) is 17.5. The molecule has 2 heterocycles. The van der Waals surface area contributed by atoms with Crippen LogP contribution in [0.3, 0.4) is 0 Å². The quantitative estimate of drug-likeness (QED) is 0.859. The van der Waals surface area contributed by atoms with Gasteiger partial charge in [-0.2, -0.15) is 5.26 Å². The molecule has 1 N–H and O–H groups in total. The maximum Gasteiger partial charge on any atom is 0.240 e. The van der Waals surface area contributed by atoms with E-state index in [4.69, 9.17) is 5.26 Å². The van der Waals surface area contributed by atoms with E-state index in [0.717, 1.165) is 25.2 Å². The number of sulfonamides is 1. The first-order chi connectivity index (χ1) is 11.0. The summed E-state index contributed by atoms with van der Waals surface area (Å²) in [4.78, 5) is 4.36. The Morgan fingerprint density at radius 1 is 1.43 bits per heavy atom. The number of nitrogens with one attached hydrogen (secondary N) is 1. The minimum atomic E-state index is -3.63. The van der Waals surface area contributed by atoms with Crippen molar-refractivity contribution in [3.63, 3.8) is 0 Å². The molecule has 1 aliphatic rings. The first-order valence-electron chi connectivity index (χ1n) is 7.18. The second kappa shape index (κ2) is 6.43. The Labute approximate surface area is 143 Å². The van der Waals surface area contributed by atoms with Crippen LogP contribution in [-0.2, 0) is 23.0 Å². The number of hydrogen-bond donors (Lipinski definition) is 1.